The Labute approximate surface area is 86.3 Å². The maximum atomic E-state index is 11.2. The molecule has 15 heavy (non-hydrogen) atoms. The van der Waals surface area contributed by atoms with Gasteiger partial charge in [0.05, 0.1) is 16.6 Å². The highest BCUT2D eigenvalue weighted by atomic mass is 16.5. The minimum Gasteiger partial charge on any atom is -0.349 e. The second-order valence-corrected chi connectivity index (χ2v) is 3.46. The molecule has 5 nitrogen and oxygen atoms in total. The van der Waals surface area contributed by atoms with Crippen LogP contribution < -0.4 is 5.48 Å². The number of nitrogens with one attached hydrogen (secondary N) is 1. The second kappa shape index (κ2) is 3.36. The summed E-state index contributed by atoms with van der Waals surface area (Å²) in [7, 11) is 1.89. The number of rotatable bonds is 1. The summed E-state index contributed by atoms with van der Waals surface area (Å²) < 4.78 is 1.89. The van der Waals surface area contributed by atoms with Crippen LogP contribution in [0.5, 0.6) is 0 Å². The molecule has 0 aliphatic rings. The van der Waals surface area contributed by atoms with Crippen LogP contribution in [-0.2, 0) is 7.05 Å². The van der Waals surface area contributed by atoms with Gasteiger partial charge in [0, 0.05) is 19.4 Å². The van der Waals surface area contributed by atoms with Gasteiger partial charge in [0.25, 0.3) is 5.91 Å². The van der Waals surface area contributed by atoms with Crippen molar-refractivity contribution in [3.8, 4) is 0 Å². The molecule has 0 aromatic carbocycles. The number of amides is 1. The molecule has 2 N–H and O–H groups in total. The first kappa shape index (κ1) is 9.67. The standard InChI is InChI=1S/C10H11N3O2/c1-6-5-13(2)8-3-7(10(14)12-15)4-11-9(6)8/h3-5,15H,1-2H3,(H,12,14). The molecule has 0 aliphatic heterocycles. The fraction of sp³-hybridized carbons (Fsp3) is 0.200. The van der Waals surface area contributed by atoms with E-state index in [2.05, 4.69) is 4.98 Å². The van der Waals surface area contributed by atoms with Crippen LogP contribution in [-0.4, -0.2) is 20.7 Å². The highest BCUT2D eigenvalue weighted by Crippen LogP contribution is 2.18. The maximum Gasteiger partial charge on any atom is 0.276 e. The fourth-order valence-electron chi connectivity index (χ4n) is 1.64. The van der Waals surface area contributed by atoms with E-state index < -0.39 is 5.91 Å². The quantitative estimate of drug-likeness (QED) is 0.539. The highest BCUT2D eigenvalue weighted by molar-refractivity contribution is 5.96. The molecule has 0 bridgehead atoms. The lowest BCUT2D eigenvalue weighted by Crippen LogP contribution is -2.18. The summed E-state index contributed by atoms with van der Waals surface area (Å²) in [5.74, 6) is -0.553. The van der Waals surface area contributed by atoms with Crippen LogP contribution in [0.15, 0.2) is 18.5 Å². The van der Waals surface area contributed by atoms with Crippen molar-refractivity contribution in [2.24, 2.45) is 7.05 Å². The maximum absolute atomic E-state index is 11.2. The fourth-order valence-corrected chi connectivity index (χ4v) is 1.64. The van der Waals surface area contributed by atoms with Crippen molar-refractivity contribution in [1.82, 2.24) is 15.0 Å². The zero-order chi connectivity index (χ0) is 11.0. The smallest absolute Gasteiger partial charge is 0.276 e. The van der Waals surface area contributed by atoms with E-state index in [9.17, 15) is 4.79 Å². The molecule has 0 aliphatic carbocycles. The number of fused-ring (bicyclic) bond motifs is 1. The molecule has 0 spiro atoms. The van der Waals surface area contributed by atoms with E-state index >= 15 is 0 Å². The summed E-state index contributed by atoms with van der Waals surface area (Å²) in [4.78, 5) is 15.3. The second-order valence-electron chi connectivity index (χ2n) is 3.46. The third-order valence-electron chi connectivity index (χ3n) is 2.37. The van der Waals surface area contributed by atoms with Gasteiger partial charge >= 0.3 is 0 Å². The topological polar surface area (TPSA) is 67.2 Å². The summed E-state index contributed by atoms with van der Waals surface area (Å²) in [6.07, 6.45) is 3.39. The lowest BCUT2D eigenvalue weighted by Gasteiger charge is -2.00. The van der Waals surface area contributed by atoms with Gasteiger partial charge in [-0.05, 0) is 18.6 Å². The minimum atomic E-state index is -0.553. The van der Waals surface area contributed by atoms with Crippen LogP contribution in [0.3, 0.4) is 0 Å². The predicted octanol–water partition coefficient (Wildman–Crippen LogP) is 1.00. The first-order valence-corrected chi connectivity index (χ1v) is 4.49. The monoisotopic (exact) mass is 205 g/mol. The lowest BCUT2D eigenvalue weighted by atomic mass is 10.2. The van der Waals surface area contributed by atoms with Crippen molar-refractivity contribution < 1.29 is 10.0 Å². The van der Waals surface area contributed by atoms with E-state index in [4.69, 9.17) is 5.21 Å². The number of carbonyl (C=O) groups is 1. The van der Waals surface area contributed by atoms with Crippen LogP contribution in [0.25, 0.3) is 11.0 Å². The van der Waals surface area contributed by atoms with Crippen LogP contribution in [0.2, 0.25) is 0 Å². The average molecular weight is 205 g/mol. The van der Waals surface area contributed by atoms with Crippen LogP contribution in [0, 0.1) is 6.92 Å². The molecule has 0 unspecified atom stereocenters. The number of aryl methyl sites for hydroxylation is 2. The molecule has 0 saturated heterocycles. The predicted molar refractivity (Wildman–Crippen MR) is 54.7 cm³/mol. The van der Waals surface area contributed by atoms with E-state index in [1.165, 1.54) is 6.20 Å². The van der Waals surface area contributed by atoms with E-state index in [0.29, 0.717) is 5.56 Å². The Morgan fingerprint density at radius 1 is 1.60 bits per heavy atom. The molecule has 5 heteroatoms. The van der Waals surface area contributed by atoms with Gasteiger partial charge in [-0.3, -0.25) is 15.0 Å². The molecule has 1 amide bonds. The zero-order valence-electron chi connectivity index (χ0n) is 8.48. The number of hydrogen-bond donors (Lipinski definition) is 2. The van der Waals surface area contributed by atoms with Crippen molar-refractivity contribution in [3.63, 3.8) is 0 Å². The first-order chi connectivity index (χ1) is 7.13. The molecule has 2 rings (SSSR count). The van der Waals surface area contributed by atoms with E-state index in [1.807, 2.05) is 24.7 Å². The molecule has 0 fully saturated rings. The third kappa shape index (κ3) is 1.46. The number of carbonyl (C=O) groups excluding carboxylic acids is 1. The summed E-state index contributed by atoms with van der Waals surface area (Å²) >= 11 is 0. The van der Waals surface area contributed by atoms with Crippen molar-refractivity contribution in [1.29, 1.82) is 0 Å². The Hall–Kier alpha value is -1.88. The molecule has 78 valence electrons. The lowest BCUT2D eigenvalue weighted by molar-refractivity contribution is 0.0706. The molecular weight excluding hydrogens is 194 g/mol. The molecule has 2 aromatic rings. The van der Waals surface area contributed by atoms with Gasteiger partial charge in [-0.15, -0.1) is 0 Å². The Balaban J connectivity index is 2.65. The van der Waals surface area contributed by atoms with Crippen molar-refractivity contribution >= 4 is 16.9 Å². The Kier molecular flexibility index (Phi) is 2.17. The summed E-state index contributed by atoms with van der Waals surface area (Å²) in [5.41, 5.74) is 4.72. The van der Waals surface area contributed by atoms with Crippen molar-refractivity contribution in [3.05, 3.63) is 29.6 Å². The van der Waals surface area contributed by atoms with Gasteiger partial charge in [0.15, 0.2) is 0 Å². The van der Waals surface area contributed by atoms with Gasteiger partial charge in [-0.2, -0.15) is 0 Å². The number of pyridine rings is 1. The summed E-state index contributed by atoms with van der Waals surface area (Å²) in [5, 5.41) is 8.50. The van der Waals surface area contributed by atoms with Gasteiger partial charge in [0.1, 0.15) is 0 Å². The van der Waals surface area contributed by atoms with Gasteiger partial charge in [-0.25, -0.2) is 5.48 Å². The van der Waals surface area contributed by atoms with Crippen LogP contribution in [0.1, 0.15) is 15.9 Å². The van der Waals surface area contributed by atoms with E-state index in [-0.39, 0.29) is 0 Å². The van der Waals surface area contributed by atoms with Gasteiger partial charge in [0.2, 0.25) is 0 Å². The number of hydrogen-bond acceptors (Lipinski definition) is 3. The van der Waals surface area contributed by atoms with Crippen LogP contribution >= 0.6 is 0 Å². The van der Waals surface area contributed by atoms with Crippen molar-refractivity contribution in [2.75, 3.05) is 0 Å². The first-order valence-electron chi connectivity index (χ1n) is 4.49. The molecule has 2 heterocycles. The zero-order valence-corrected chi connectivity index (χ0v) is 8.48. The summed E-state index contributed by atoms with van der Waals surface area (Å²) in [6.45, 7) is 1.96. The SMILES string of the molecule is Cc1cn(C)c2cc(C(=O)NO)cnc12. The molecular formula is C10H11N3O2. The molecule has 0 radical (unpaired) electrons. The Bertz CT molecular complexity index is 531. The minimum absolute atomic E-state index is 0.339. The number of aromatic nitrogens is 2. The van der Waals surface area contributed by atoms with E-state index in [1.54, 1.807) is 11.5 Å². The van der Waals surface area contributed by atoms with E-state index in [0.717, 1.165) is 16.6 Å². The van der Waals surface area contributed by atoms with Crippen molar-refractivity contribution in [2.45, 2.75) is 6.92 Å². The Morgan fingerprint density at radius 3 is 3.00 bits per heavy atom. The molecule has 0 saturated carbocycles. The molecule has 0 atom stereocenters. The average Bonchev–Trinajstić information content (AvgIpc) is 2.53. The number of nitrogens with zero attached hydrogens (tertiary/aromatic N) is 2. The number of hydroxylamine groups is 1. The Morgan fingerprint density at radius 2 is 2.33 bits per heavy atom. The normalized spacial score (nSPS) is 10.6. The third-order valence-corrected chi connectivity index (χ3v) is 2.37. The molecule has 2 aromatic heterocycles. The summed E-state index contributed by atoms with van der Waals surface area (Å²) in [6, 6.07) is 1.70. The largest absolute Gasteiger partial charge is 0.349 e. The van der Waals surface area contributed by atoms with Crippen LogP contribution in [0.4, 0.5) is 0 Å². The highest BCUT2D eigenvalue weighted by Gasteiger charge is 2.09. The van der Waals surface area contributed by atoms with Gasteiger partial charge < -0.3 is 4.57 Å². The van der Waals surface area contributed by atoms with Gasteiger partial charge in [-0.1, -0.05) is 0 Å².